The SMILES string of the molecule is CC(=O)N1CCC[C@@H](Cc2ccnc(-c3cnc(C)n3C)c2)C1. The van der Waals surface area contributed by atoms with Crippen LogP contribution in [0.1, 0.15) is 31.2 Å². The Bertz CT molecular complexity index is 707. The lowest BCUT2D eigenvalue weighted by atomic mass is 9.91. The van der Waals surface area contributed by atoms with Crippen molar-refractivity contribution in [3.63, 3.8) is 0 Å². The third-order valence-corrected chi connectivity index (χ3v) is 4.80. The highest BCUT2D eigenvalue weighted by Gasteiger charge is 2.22. The van der Waals surface area contributed by atoms with Crippen LogP contribution in [0.15, 0.2) is 24.5 Å². The van der Waals surface area contributed by atoms with Crippen molar-refractivity contribution in [2.45, 2.75) is 33.1 Å². The van der Waals surface area contributed by atoms with Gasteiger partial charge in [0, 0.05) is 33.3 Å². The van der Waals surface area contributed by atoms with Crippen LogP contribution in [0.3, 0.4) is 0 Å². The summed E-state index contributed by atoms with van der Waals surface area (Å²) in [5.41, 5.74) is 3.28. The third kappa shape index (κ3) is 3.44. The predicted octanol–water partition coefficient (Wildman–Crippen LogP) is 2.59. The smallest absolute Gasteiger partial charge is 0.219 e. The molecule has 1 saturated heterocycles. The largest absolute Gasteiger partial charge is 0.343 e. The average molecular weight is 312 g/mol. The Morgan fingerprint density at radius 3 is 2.91 bits per heavy atom. The van der Waals surface area contributed by atoms with Crippen molar-refractivity contribution in [2.75, 3.05) is 13.1 Å². The van der Waals surface area contributed by atoms with E-state index in [0.717, 1.165) is 43.1 Å². The second kappa shape index (κ2) is 6.52. The van der Waals surface area contributed by atoms with Crippen molar-refractivity contribution in [3.05, 3.63) is 35.9 Å². The Labute approximate surface area is 137 Å². The van der Waals surface area contributed by atoms with E-state index in [2.05, 4.69) is 26.7 Å². The number of piperidine rings is 1. The first-order valence-electron chi connectivity index (χ1n) is 8.23. The zero-order valence-corrected chi connectivity index (χ0v) is 14.1. The van der Waals surface area contributed by atoms with E-state index in [0.29, 0.717) is 5.92 Å². The second-order valence-corrected chi connectivity index (χ2v) is 6.48. The van der Waals surface area contributed by atoms with Gasteiger partial charge in [0.25, 0.3) is 0 Å². The maximum atomic E-state index is 11.6. The standard InChI is InChI=1S/C18H24N4O/c1-13-20-11-18(21(13)3)17-10-15(6-7-19-17)9-16-5-4-8-22(12-16)14(2)23/h6-7,10-11,16H,4-5,8-9,12H2,1-3H3/t16-/m0/s1. The van der Waals surface area contributed by atoms with Crippen molar-refractivity contribution in [1.29, 1.82) is 0 Å². The van der Waals surface area contributed by atoms with Crippen LogP contribution in [0.5, 0.6) is 0 Å². The number of nitrogens with zero attached hydrogens (tertiary/aromatic N) is 4. The van der Waals surface area contributed by atoms with E-state index in [1.54, 1.807) is 6.92 Å². The minimum Gasteiger partial charge on any atom is -0.343 e. The number of imidazole rings is 1. The summed E-state index contributed by atoms with van der Waals surface area (Å²) in [4.78, 5) is 22.4. The highest BCUT2D eigenvalue weighted by Crippen LogP contribution is 2.23. The van der Waals surface area contributed by atoms with Gasteiger partial charge in [0.05, 0.1) is 17.6 Å². The number of carbonyl (C=O) groups is 1. The molecule has 3 heterocycles. The quantitative estimate of drug-likeness (QED) is 0.875. The number of pyridine rings is 1. The molecule has 0 saturated carbocycles. The van der Waals surface area contributed by atoms with Crippen LogP contribution in [-0.4, -0.2) is 38.4 Å². The molecule has 0 aliphatic carbocycles. The molecule has 0 aromatic carbocycles. The monoisotopic (exact) mass is 312 g/mol. The number of aryl methyl sites for hydroxylation is 1. The number of carbonyl (C=O) groups excluding carboxylic acids is 1. The van der Waals surface area contributed by atoms with Crippen molar-refractivity contribution in [1.82, 2.24) is 19.4 Å². The maximum Gasteiger partial charge on any atom is 0.219 e. The minimum absolute atomic E-state index is 0.190. The maximum absolute atomic E-state index is 11.6. The van der Waals surface area contributed by atoms with Gasteiger partial charge in [-0.05, 0) is 49.8 Å². The average Bonchev–Trinajstić information content (AvgIpc) is 2.87. The molecule has 122 valence electrons. The van der Waals surface area contributed by atoms with Crippen LogP contribution in [-0.2, 0) is 18.3 Å². The van der Waals surface area contributed by atoms with E-state index in [1.807, 2.05) is 31.3 Å². The lowest BCUT2D eigenvalue weighted by Crippen LogP contribution is -2.39. The van der Waals surface area contributed by atoms with Crippen LogP contribution >= 0.6 is 0 Å². The summed E-state index contributed by atoms with van der Waals surface area (Å²) >= 11 is 0. The first kappa shape index (κ1) is 15.7. The minimum atomic E-state index is 0.190. The molecule has 0 radical (unpaired) electrons. The Kier molecular flexibility index (Phi) is 4.46. The summed E-state index contributed by atoms with van der Waals surface area (Å²) in [5, 5.41) is 0. The van der Waals surface area contributed by atoms with Gasteiger partial charge in [-0.1, -0.05) is 0 Å². The number of likely N-dealkylation sites (tertiary alicyclic amines) is 1. The number of hydrogen-bond acceptors (Lipinski definition) is 3. The molecule has 0 unspecified atom stereocenters. The van der Waals surface area contributed by atoms with E-state index < -0.39 is 0 Å². The Morgan fingerprint density at radius 2 is 2.22 bits per heavy atom. The molecular formula is C18H24N4O. The Balaban J connectivity index is 1.75. The lowest BCUT2D eigenvalue weighted by molar-refractivity contribution is -0.130. The van der Waals surface area contributed by atoms with Gasteiger partial charge in [-0.2, -0.15) is 0 Å². The summed E-state index contributed by atoms with van der Waals surface area (Å²) in [5.74, 6) is 1.71. The summed E-state index contributed by atoms with van der Waals surface area (Å²) in [6.07, 6.45) is 7.03. The number of hydrogen-bond donors (Lipinski definition) is 0. The molecule has 5 nitrogen and oxygen atoms in total. The van der Waals surface area contributed by atoms with Crippen LogP contribution in [0.25, 0.3) is 11.4 Å². The van der Waals surface area contributed by atoms with E-state index in [-0.39, 0.29) is 5.91 Å². The zero-order valence-electron chi connectivity index (χ0n) is 14.1. The molecule has 1 aliphatic heterocycles. The molecule has 3 rings (SSSR count). The van der Waals surface area contributed by atoms with Gasteiger partial charge in [-0.25, -0.2) is 4.98 Å². The number of aromatic nitrogens is 3. The highest BCUT2D eigenvalue weighted by atomic mass is 16.2. The van der Waals surface area contributed by atoms with Gasteiger partial charge < -0.3 is 9.47 Å². The van der Waals surface area contributed by atoms with Gasteiger partial charge in [0.2, 0.25) is 5.91 Å². The lowest BCUT2D eigenvalue weighted by Gasteiger charge is -2.32. The highest BCUT2D eigenvalue weighted by molar-refractivity contribution is 5.73. The van der Waals surface area contributed by atoms with Crippen molar-refractivity contribution in [2.24, 2.45) is 13.0 Å². The fourth-order valence-corrected chi connectivity index (χ4v) is 3.33. The van der Waals surface area contributed by atoms with Gasteiger partial charge >= 0.3 is 0 Å². The van der Waals surface area contributed by atoms with Gasteiger partial charge in [-0.3, -0.25) is 9.78 Å². The van der Waals surface area contributed by atoms with Crippen molar-refractivity contribution >= 4 is 5.91 Å². The predicted molar refractivity (Wildman–Crippen MR) is 89.9 cm³/mol. The summed E-state index contributed by atoms with van der Waals surface area (Å²) in [6.45, 7) is 5.43. The first-order chi connectivity index (χ1) is 11.0. The summed E-state index contributed by atoms with van der Waals surface area (Å²) < 4.78 is 2.06. The second-order valence-electron chi connectivity index (χ2n) is 6.48. The molecular weight excluding hydrogens is 288 g/mol. The molecule has 0 spiro atoms. The Morgan fingerprint density at radius 1 is 1.39 bits per heavy atom. The summed E-state index contributed by atoms with van der Waals surface area (Å²) in [6, 6.07) is 4.24. The zero-order chi connectivity index (χ0) is 16.4. The van der Waals surface area contributed by atoms with Crippen LogP contribution in [0.2, 0.25) is 0 Å². The van der Waals surface area contributed by atoms with Crippen LogP contribution in [0.4, 0.5) is 0 Å². The molecule has 1 fully saturated rings. The van der Waals surface area contributed by atoms with Crippen LogP contribution in [0, 0.1) is 12.8 Å². The molecule has 23 heavy (non-hydrogen) atoms. The fourth-order valence-electron chi connectivity index (χ4n) is 3.33. The third-order valence-electron chi connectivity index (χ3n) is 4.80. The van der Waals surface area contributed by atoms with Crippen LogP contribution < -0.4 is 0 Å². The molecule has 1 atom stereocenters. The van der Waals surface area contributed by atoms with Gasteiger partial charge in [0.15, 0.2) is 0 Å². The van der Waals surface area contributed by atoms with Gasteiger partial charge in [-0.15, -0.1) is 0 Å². The fraction of sp³-hybridized carbons (Fsp3) is 0.500. The van der Waals surface area contributed by atoms with E-state index in [1.165, 1.54) is 12.0 Å². The number of amides is 1. The molecule has 2 aromatic rings. The van der Waals surface area contributed by atoms with E-state index >= 15 is 0 Å². The van der Waals surface area contributed by atoms with E-state index in [9.17, 15) is 4.79 Å². The molecule has 5 heteroatoms. The van der Waals surface area contributed by atoms with Crippen molar-refractivity contribution in [3.8, 4) is 11.4 Å². The molecule has 1 amide bonds. The van der Waals surface area contributed by atoms with Crippen molar-refractivity contribution < 1.29 is 4.79 Å². The molecule has 0 N–H and O–H groups in total. The summed E-state index contributed by atoms with van der Waals surface area (Å²) in [7, 11) is 2.01. The first-order valence-corrected chi connectivity index (χ1v) is 8.23. The molecule has 2 aromatic heterocycles. The Hall–Kier alpha value is -2.17. The van der Waals surface area contributed by atoms with E-state index in [4.69, 9.17) is 0 Å². The normalized spacial score (nSPS) is 18.2. The number of rotatable bonds is 3. The topological polar surface area (TPSA) is 51.0 Å². The van der Waals surface area contributed by atoms with Gasteiger partial charge in [0.1, 0.15) is 5.82 Å². The molecule has 1 aliphatic rings. The molecule has 0 bridgehead atoms.